The topological polar surface area (TPSA) is 42.8 Å². The molecule has 1 aromatic rings. The van der Waals surface area contributed by atoms with Crippen molar-refractivity contribution in [2.75, 3.05) is 53.0 Å². The summed E-state index contributed by atoms with van der Waals surface area (Å²) in [6, 6.07) is 0. The molecule has 1 aromatic heterocycles. The third-order valence-corrected chi connectivity index (χ3v) is 4.03. The van der Waals surface area contributed by atoms with Gasteiger partial charge in [0.1, 0.15) is 5.60 Å². The Morgan fingerprint density at radius 1 is 1.25 bits per heavy atom. The van der Waals surface area contributed by atoms with Crippen LogP contribution in [-0.2, 0) is 23.1 Å². The van der Waals surface area contributed by atoms with Crippen molar-refractivity contribution >= 4 is 0 Å². The molecule has 0 aliphatic carbocycles. The van der Waals surface area contributed by atoms with E-state index in [1.807, 2.05) is 17.9 Å². The van der Waals surface area contributed by atoms with Gasteiger partial charge in [-0.05, 0) is 7.05 Å². The maximum absolute atomic E-state index is 6.10. The molecule has 20 heavy (non-hydrogen) atoms. The highest BCUT2D eigenvalue weighted by atomic mass is 16.5. The van der Waals surface area contributed by atoms with Gasteiger partial charge >= 0.3 is 0 Å². The third kappa shape index (κ3) is 3.20. The van der Waals surface area contributed by atoms with Gasteiger partial charge < -0.3 is 14.4 Å². The zero-order valence-corrected chi connectivity index (χ0v) is 12.4. The lowest BCUT2D eigenvalue weighted by Gasteiger charge is -2.42. The van der Waals surface area contributed by atoms with Gasteiger partial charge in [-0.2, -0.15) is 5.10 Å². The first-order valence-electron chi connectivity index (χ1n) is 7.25. The number of hydrogen-bond acceptors (Lipinski definition) is 5. The second-order valence-corrected chi connectivity index (χ2v) is 6.05. The number of ether oxygens (including phenoxy) is 2. The number of hydrogen-bond donors (Lipinski definition) is 0. The molecule has 1 spiro atoms. The summed E-state index contributed by atoms with van der Waals surface area (Å²) < 4.78 is 13.7. The van der Waals surface area contributed by atoms with Gasteiger partial charge in [-0.15, -0.1) is 0 Å². The smallest absolute Gasteiger partial charge is 0.117 e. The molecular formula is C14H24N4O2. The van der Waals surface area contributed by atoms with Crippen molar-refractivity contribution < 1.29 is 9.47 Å². The lowest BCUT2D eigenvalue weighted by Crippen LogP contribution is -2.58. The van der Waals surface area contributed by atoms with Gasteiger partial charge in [0.15, 0.2) is 0 Å². The Labute approximate surface area is 120 Å². The third-order valence-electron chi connectivity index (χ3n) is 4.03. The zero-order valence-electron chi connectivity index (χ0n) is 12.4. The van der Waals surface area contributed by atoms with E-state index in [-0.39, 0.29) is 5.60 Å². The molecule has 0 radical (unpaired) electrons. The molecule has 6 nitrogen and oxygen atoms in total. The molecule has 0 bridgehead atoms. The Morgan fingerprint density at radius 3 is 2.95 bits per heavy atom. The Hall–Kier alpha value is -0.950. The molecular weight excluding hydrogens is 256 g/mol. The van der Waals surface area contributed by atoms with Crippen molar-refractivity contribution in [2.24, 2.45) is 7.05 Å². The van der Waals surface area contributed by atoms with Crippen LogP contribution in [0.4, 0.5) is 0 Å². The fraction of sp³-hybridized carbons (Fsp3) is 0.786. The molecule has 0 amide bonds. The molecule has 6 heteroatoms. The highest BCUT2D eigenvalue weighted by molar-refractivity contribution is 5.04. The van der Waals surface area contributed by atoms with Gasteiger partial charge in [-0.1, -0.05) is 0 Å². The normalized spacial score (nSPS) is 29.7. The van der Waals surface area contributed by atoms with E-state index in [1.54, 1.807) is 0 Å². The van der Waals surface area contributed by atoms with Crippen molar-refractivity contribution in [3.63, 3.8) is 0 Å². The van der Waals surface area contributed by atoms with Gasteiger partial charge in [-0.25, -0.2) is 0 Å². The van der Waals surface area contributed by atoms with Crippen LogP contribution in [0.25, 0.3) is 0 Å². The first-order chi connectivity index (χ1) is 9.65. The van der Waals surface area contributed by atoms with Crippen molar-refractivity contribution in [1.82, 2.24) is 19.6 Å². The molecule has 1 atom stereocenters. The van der Waals surface area contributed by atoms with Crippen LogP contribution in [0.3, 0.4) is 0 Å². The summed E-state index contributed by atoms with van der Waals surface area (Å²) in [4.78, 5) is 4.75. The van der Waals surface area contributed by atoms with Crippen molar-refractivity contribution in [3.8, 4) is 0 Å². The Morgan fingerprint density at radius 2 is 2.15 bits per heavy atom. The van der Waals surface area contributed by atoms with Crippen molar-refractivity contribution in [2.45, 2.75) is 12.1 Å². The minimum absolute atomic E-state index is 0.175. The predicted octanol–water partition coefficient (Wildman–Crippen LogP) is -0.0469. The molecule has 2 fully saturated rings. The summed E-state index contributed by atoms with van der Waals surface area (Å²) in [5.41, 5.74) is 1.08. The summed E-state index contributed by atoms with van der Waals surface area (Å²) >= 11 is 0. The number of aromatic nitrogens is 2. The average molecular weight is 280 g/mol. The second-order valence-electron chi connectivity index (χ2n) is 6.05. The highest BCUT2D eigenvalue weighted by Crippen LogP contribution is 2.23. The van der Waals surface area contributed by atoms with E-state index in [4.69, 9.17) is 9.47 Å². The fourth-order valence-electron chi connectivity index (χ4n) is 3.15. The number of aryl methyl sites for hydroxylation is 1. The second kappa shape index (κ2) is 5.81. The van der Waals surface area contributed by atoms with Gasteiger partial charge in [0.25, 0.3) is 0 Å². The van der Waals surface area contributed by atoms with Crippen LogP contribution in [0.15, 0.2) is 12.4 Å². The van der Waals surface area contributed by atoms with Crippen LogP contribution < -0.4 is 0 Å². The summed E-state index contributed by atoms with van der Waals surface area (Å²) in [5, 5.41) is 4.24. The van der Waals surface area contributed by atoms with E-state index in [9.17, 15) is 0 Å². The molecule has 1 unspecified atom stereocenters. The summed E-state index contributed by atoms with van der Waals surface area (Å²) in [6.45, 7) is 7.02. The SMILES string of the molecule is CN1CCOCC2(C1)CN(Cc1cnn(C)c1)CCO2. The van der Waals surface area contributed by atoms with E-state index >= 15 is 0 Å². The highest BCUT2D eigenvalue weighted by Gasteiger charge is 2.39. The van der Waals surface area contributed by atoms with E-state index in [1.165, 1.54) is 5.56 Å². The molecule has 2 aliphatic rings. The number of likely N-dealkylation sites (N-methyl/N-ethyl adjacent to an activating group) is 1. The molecule has 2 saturated heterocycles. The first kappa shape index (κ1) is 14.0. The summed E-state index contributed by atoms with van der Waals surface area (Å²) in [6.07, 6.45) is 4.02. The summed E-state index contributed by atoms with van der Waals surface area (Å²) in [5.74, 6) is 0. The average Bonchev–Trinajstić information content (AvgIpc) is 2.72. The van der Waals surface area contributed by atoms with Crippen LogP contribution in [-0.4, -0.2) is 78.2 Å². The molecule has 2 aliphatic heterocycles. The van der Waals surface area contributed by atoms with Crippen LogP contribution in [0.1, 0.15) is 5.56 Å². The van der Waals surface area contributed by atoms with Crippen LogP contribution >= 0.6 is 0 Å². The molecule has 3 heterocycles. The monoisotopic (exact) mass is 280 g/mol. The van der Waals surface area contributed by atoms with Crippen molar-refractivity contribution in [1.29, 1.82) is 0 Å². The number of rotatable bonds is 2. The van der Waals surface area contributed by atoms with E-state index in [0.29, 0.717) is 6.61 Å². The lowest BCUT2D eigenvalue weighted by atomic mass is 10.0. The molecule has 0 N–H and O–H groups in total. The van der Waals surface area contributed by atoms with E-state index < -0.39 is 0 Å². The first-order valence-corrected chi connectivity index (χ1v) is 7.25. The van der Waals surface area contributed by atoms with Crippen molar-refractivity contribution in [3.05, 3.63) is 18.0 Å². The maximum Gasteiger partial charge on any atom is 0.117 e. The molecule has 0 aromatic carbocycles. The summed E-state index contributed by atoms with van der Waals surface area (Å²) in [7, 11) is 4.10. The Bertz CT molecular complexity index is 450. The standard InChI is InChI=1S/C14H24N4O2/c1-16-3-5-19-12-14(10-16)11-18(4-6-20-14)9-13-7-15-17(2)8-13/h7-8H,3-6,9-12H2,1-2H3. The minimum atomic E-state index is -0.175. The molecule has 3 rings (SSSR count). The van der Waals surface area contributed by atoms with Crippen LogP contribution in [0.2, 0.25) is 0 Å². The molecule has 112 valence electrons. The van der Waals surface area contributed by atoms with Crippen LogP contribution in [0, 0.1) is 0 Å². The molecule has 0 saturated carbocycles. The number of nitrogens with zero attached hydrogens (tertiary/aromatic N) is 4. The maximum atomic E-state index is 6.10. The van der Waals surface area contributed by atoms with Gasteiger partial charge in [-0.3, -0.25) is 9.58 Å². The Kier molecular flexibility index (Phi) is 4.07. The van der Waals surface area contributed by atoms with Gasteiger partial charge in [0.05, 0.1) is 26.0 Å². The van der Waals surface area contributed by atoms with Crippen LogP contribution in [0.5, 0.6) is 0 Å². The predicted molar refractivity (Wildman–Crippen MR) is 75.5 cm³/mol. The Balaban J connectivity index is 1.66. The number of morpholine rings is 1. The van der Waals surface area contributed by atoms with E-state index in [0.717, 1.165) is 45.9 Å². The lowest BCUT2D eigenvalue weighted by molar-refractivity contribution is -0.141. The quantitative estimate of drug-likeness (QED) is 0.760. The largest absolute Gasteiger partial charge is 0.377 e. The minimum Gasteiger partial charge on any atom is -0.377 e. The fourth-order valence-corrected chi connectivity index (χ4v) is 3.15. The van der Waals surface area contributed by atoms with E-state index in [2.05, 4.69) is 28.1 Å². The van der Waals surface area contributed by atoms with Gasteiger partial charge in [0.2, 0.25) is 0 Å². The van der Waals surface area contributed by atoms with Gasteiger partial charge in [0, 0.05) is 51.5 Å². The zero-order chi connectivity index (χ0) is 14.0.